The molecule has 6 heteroatoms. The molecule has 0 unspecified atom stereocenters. The van der Waals surface area contributed by atoms with Crippen LogP contribution in [0.1, 0.15) is 66.5 Å². The summed E-state index contributed by atoms with van der Waals surface area (Å²) in [6.45, 7) is 18.2. The van der Waals surface area contributed by atoms with Crippen LogP contribution >= 0.6 is 11.3 Å². The Balaban J connectivity index is 0.000000380. The molecule has 0 atom stereocenters. The van der Waals surface area contributed by atoms with Crippen molar-refractivity contribution in [3.63, 3.8) is 0 Å². The van der Waals surface area contributed by atoms with Crippen molar-refractivity contribution in [2.45, 2.75) is 67.7 Å². The minimum Gasteiger partial charge on any atom is -0.512 e. The number of aliphatic hydroxyl groups excluding tert-OH is 1. The number of hydrogen-bond acceptors (Lipinski definition) is 5. The van der Waals surface area contributed by atoms with E-state index < -0.39 is 0 Å². The number of carbonyl (C=O) groups is 1. The van der Waals surface area contributed by atoms with E-state index in [-0.39, 0.29) is 55.2 Å². The summed E-state index contributed by atoms with van der Waals surface area (Å²) in [7, 11) is 0. The van der Waals surface area contributed by atoms with E-state index in [0.29, 0.717) is 0 Å². The molecule has 1 radical (unpaired) electrons. The van der Waals surface area contributed by atoms with E-state index in [9.17, 15) is 9.90 Å². The van der Waals surface area contributed by atoms with Crippen LogP contribution in [-0.4, -0.2) is 20.9 Å². The molecule has 0 spiro atoms. The number of fused-ring (bicyclic) bond motifs is 2. The first kappa shape index (κ1) is 32.7. The zero-order valence-corrected chi connectivity index (χ0v) is 29.6. The summed E-state index contributed by atoms with van der Waals surface area (Å²) in [4.78, 5) is 21.3. The van der Waals surface area contributed by atoms with Crippen molar-refractivity contribution in [2.75, 3.05) is 0 Å². The van der Waals surface area contributed by atoms with Gasteiger partial charge in [-0.25, -0.2) is 4.98 Å². The average molecular weight is 771 g/mol. The fourth-order valence-electron chi connectivity index (χ4n) is 4.60. The number of hydrogen-bond donors (Lipinski definition) is 1. The van der Waals surface area contributed by atoms with Crippen LogP contribution in [0.5, 0.6) is 0 Å². The van der Waals surface area contributed by atoms with Gasteiger partial charge in [-0.1, -0.05) is 107 Å². The standard InChI is InChI=1S/C28H25N2S.C9H16O2.Ir/c1-17-10-12-19(13-11-17)26-18(2)24-27(31-26)25(30-16-29-24)21-14-20-8-6-7-9-22(20)23(15-21)28(3,4)5;1-6(2)8(10)5-9(11)7(3)4;/h6-13,15-16H,1-5H3;5-7,10H,1-4H3;/q-1;;/b;8-5-;/i16D;;. The molecule has 5 rings (SSSR count). The minimum absolute atomic E-state index is 0. The van der Waals surface area contributed by atoms with Gasteiger partial charge in [0, 0.05) is 53.3 Å². The predicted molar refractivity (Wildman–Crippen MR) is 178 cm³/mol. The van der Waals surface area contributed by atoms with E-state index in [0.717, 1.165) is 32.4 Å². The van der Waals surface area contributed by atoms with Crippen LogP contribution in [-0.2, 0) is 30.3 Å². The average Bonchev–Trinajstić information content (AvgIpc) is 3.27. The first-order valence-electron chi connectivity index (χ1n) is 14.9. The van der Waals surface area contributed by atoms with Crippen molar-refractivity contribution in [1.82, 2.24) is 9.97 Å². The molecule has 3 aromatic carbocycles. The van der Waals surface area contributed by atoms with E-state index in [1.165, 1.54) is 33.0 Å². The summed E-state index contributed by atoms with van der Waals surface area (Å²) in [6, 6.07) is 22.7. The predicted octanol–water partition coefficient (Wildman–Crippen LogP) is 10.2. The Labute approximate surface area is 275 Å². The number of aliphatic hydroxyl groups is 1. The Kier molecular flexibility index (Phi) is 10.7. The van der Waals surface area contributed by atoms with Gasteiger partial charge >= 0.3 is 0 Å². The number of thiophene rings is 1. The number of carbonyl (C=O) groups excluding carboxylic acids is 1. The molecule has 4 nitrogen and oxygen atoms in total. The van der Waals surface area contributed by atoms with Gasteiger partial charge in [0.25, 0.3) is 0 Å². The molecular formula is C37H41IrN2O2S-. The van der Waals surface area contributed by atoms with Crippen LogP contribution in [0.2, 0.25) is 0 Å². The second-order valence-corrected chi connectivity index (χ2v) is 13.5. The van der Waals surface area contributed by atoms with Gasteiger partial charge in [0.15, 0.2) is 5.78 Å². The fraction of sp³-hybridized carbons (Fsp3) is 0.324. The molecule has 0 fully saturated rings. The van der Waals surface area contributed by atoms with E-state index in [1.807, 2.05) is 33.8 Å². The number of rotatable bonds is 5. The van der Waals surface area contributed by atoms with Gasteiger partial charge in [-0.3, -0.25) is 9.78 Å². The quantitative estimate of drug-likeness (QED) is 0.110. The maximum Gasteiger partial charge on any atom is 0.161 e. The van der Waals surface area contributed by atoms with Gasteiger partial charge in [-0.15, -0.1) is 40.5 Å². The number of ketones is 1. The van der Waals surface area contributed by atoms with Crippen molar-refractivity contribution in [3.8, 4) is 21.7 Å². The van der Waals surface area contributed by atoms with Crippen molar-refractivity contribution in [1.29, 1.82) is 0 Å². The zero-order valence-electron chi connectivity index (χ0n) is 27.4. The number of aryl methyl sites for hydroxylation is 2. The largest absolute Gasteiger partial charge is 0.512 e. The number of allylic oxidation sites excluding steroid dienone is 2. The van der Waals surface area contributed by atoms with Gasteiger partial charge in [0.2, 0.25) is 0 Å². The second kappa shape index (κ2) is 14.1. The topological polar surface area (TPSA) is 63.1 Å². The third kappa shape index (κ3) is 7.86. The molecule has 0 aliphatic heterocycles. The van der Waals surface area contributed by atoms with Crippen LogP contribution in [0.15, 0.2) is 72.7 Å². The molecule has 0 amide bonds. The van der Waals surface area contributed by atoms with E-state index in [1.54, 1.807) is 11.3 Å². The molecule has 0 bridgehead atoms. The third-order valence-electron chi connectivity index (χ3n) is 7.26. The molecule has 1 N–H and O–H groups in total. The van der Waals surface area contributed by atoms with Crippen LogP contribution < -0.4 is 0 Å². The second-order valence-electron chi connectivity index (χ2n) is 12.4. The van der Waals surface area contributed by atoms with Crippen LogP contribution in [0.3, 0.4) is 0 Å². The number of benzene rings is 3. The summed E-state index contributed by atoms with van der Waals surface area (Å²) in [5.41, 5.74) is 7.31. The fourth-order valence-corrected chi connectivity index (χ4v) is 5.85. The smallest absolute Gasteiger partial charge is 0.161 e. The van der Waals surface area contributed by atoms with Gasteiger partial charge in [0.05, 0.1) is 11.3 Å². The van der Waals surface area contributed by atoms with Gasteiger partial charge < -0.3 is 5.11 Å². The molecule has 5 aromatic rings. The first-order chi connectivity index (χ1) is 20.2. The normalized spacial score (nSPS) is 12.3. The Bertz CT molecular complexity index is 1820. The minimum atomic E-state index is -0.0316. The Morgan fingerprint density at radius 1 is 1.00 bits per heavy atom. The Morgan fingerprint density at radius 3 is 2.26 bits per heavy atom. The Morgan fingerprint density at radius 2 is 1.65 bits per heavy atom. The molecule has 227 valence electrons. The van der Waals surface area contributed by atoms with E-state index in [2.05, 4.69) is 99.2 Å². The molecular weight excluding hydrogens is 729 g/mol. The molecule has 2 aromatic heterocycles. The van der Waals surface area contributed by atoms with Crippen LogP contribution in [0, 0.1) is 31.7 Å². The SMILES string of the molecule is CC(C)C(=O)/C=C(\O)C(C)C.[2H]c1nc(-c2[c-]c3ccccc3c(C(C)(C)C)c2)c2sc(-c3ccc(C)cc3)c(C)c2n1.[Ir]. The van der Waals surface area contributed by atoms with Crippen molar-refractivity contribution in [2.24, 2.45) is 11.8 Å². The maximum absolute atomic E-state index is 11.0. The summed E-state index contributed by atoms with van der Waals surface area (Å²) in [5, 5.41) is 11.5. The van der Waals surface area contributed by atoms with Gasteiger partial charge in [0.1, 0.15) is 7.67 Å². The Hall–Kier alpha value is -3.18. The van der Waals surface area contributed by atoms with Crippen molar-refractivity contribution < 1.29 is 31.4 Å². The van der Waals surface area contributed by atoms with Crippen molar-refractivity contribution >= 4 is 38.1 Å². The summed E-state index contributed by atoms with van der Waals surface area (Å²) >= 11 is 1.70. The molecule has 2 heterocycles. The van der Waals surface area contributed by atoms with Crippen LogP contribution in [0.4, 0.5) is 0 Å². The monoisotopic (exact) mass is 771 g/mol. The number of aromatic nitrogens is 2. The summed E-state index contributed by atoms with van der Waals surface area (Å²) < 4.78 is 9.33. The number of nitrogens with zero attached hydrogens (tertiary/aromatic N) is 2. The van der Waals surface area contributed by atoms with Gasteiger partial charge in [-0.05, 0) is 30.4 Å². The molecule has 0 saturated heterocycles. The first-order valence-corrected chi connectivity index (χ1v) is 15.2. The van der Waals surface area contributed by atoms with Gasteiger partial charge in [-0.2, -0.15) is 0 Å². The molecule has 0 aliphatic carbocycles. The molecule has 0 saturated carbocycles. The van der Waals surface area contributed by atoms with Crippen LogP contribution in [0.25, 0.3) is 42.7 Å². The summed E-state index contributed by atoms with van der Waals surface area (Å²) in [5.74, 6) is 0.161. The zero-order chi connectivity index (χ0) is 31.6. The van der Waals surface area contributed by atoms with E-state index in [4.69, 9.17) is 1.37 Å². The maximum atomic E-state index is 11.0. The molecule has 0 aliphatic rings. The third-order valence-corrected chi connectivity index (χ3v) is 8.59. The molecule has 43 heavy (non-hydrogen) atoms. The van der Waals surface area contributed by atoms with E-state index >= 15 is 0 Å². The van der Waals surface area contributed by atoms with Crippen molar-refractivity contribution in [3.05, 3.63) is 95.5 Å². The summed E-state index contributed by atoms with van der Waals surface area (Å²) in [6.07, 6.45) is 1.36.